The molecule has 27 heavy (non-hydrogen) atoms. The Morgan fingerprint density at radius 3 is 2.67 bits per heavy atom. The van der Waals surface area contributed by atoms with E-state index >= 15 is 0 Å². The quantitative estimate of drug-likeness (QED) is 0.610. The molecule has 2 unspecified atom stereocenters. The Hall–Kier alpha value is -2.11. The highest BCUT2D eigenvalue weighted by molar-refractivity contribution is 6.42. The number of nitrogens with one attached hydrogen (secondary N) is 3. The number of hydrogen-bond donors (Lipinski definition) is 3. The van der Waals surface area contributed by atoms with Gasteiger partial charge in [0.05, 0.1) is 10.0 Å². The van der Waals surface area contributed by atoms with Gasteiger partial charge in [-0.25, -0.2) is 10.9 Å². The zero-order chi connectivity index (χ0) is 18.8. The van der Waals surface area contributed by atoms with Crippen molar-refractivity contribution in [1.29, 1.82) is 0 Å². The Bertz CT molecular complexity index is 987. The van der Waals surface area contributed by atoms with E-state index in [0.717, 1.165) is 5.56 Å². The largest absolute Gasteiger partial charge is 0.351 e. The van der Waals surface area contributed by atoms with Gasteiger partial charge in [-0.2, -0.15) is 0 Å². The average molecular weight is 400 g/mol. The fourth-order valence-electron chi connectivity index (χ4n) is 3.45. The number of rotatable bonds is 4. The standard InChI is InChI=1S/C21H19Cl2N3O/c22-17-9-8-13(10-18(17)23)12-24-21(27)20-11-19(25-26-20)16-7-3-5-14-4-1-2-6-15(14)16/h1-10,19-20,25-26H,11-12H2,(H,24,27). The lowest BCUT2D eigenvalue weighted by Crippen LogP contribution is -2.42. The predicted octanol–water partition coefficient (Wildman–Crippen LogP) is 4.37. The number of carbonyl (C=O) groups excluding carboxylic acids is 1. The molecule has 3 N–H and O–H groups in total. The Morgan fingerprint density at radius 2 is 1.81 bits per heavy atom. The summed E-state index contributed by atoms with van der Waals surface area (Å²) in [6.07, 6.45) is 0.682. The van der Waals surface area contributed by atoms with Crippen LogP contribution in [0.5, 0.6) is 0 Å². The SMILES string of the molecule is O=C(NCc1ccc(Cl)c(Cl)c1)C1CC(c2cccc3ccccc23)NN1. The third-order valence-corrected chi connectivity index (χ3v) is 5.61. The number of hydrogen-bond acceptors (Lipinski definition) is 3. The minimum Gasteiger partial charge on any atom is -0.351 e. The molecule has 2 atom stereocenters. The van der Waals surface area contributed by atoms with Crippen LogP contribution in [0, 0.1) is 0 Å². The van der Waals surface area contributed by atoms with Crippen molar-refractivity contribution in [2.75, 3.05) is 0 Å². The molecule has 0 spiro atoms. The molecule has 0 aromatic heterocycles. The minimum atomic E-state index is -0.295. The van der Waals surface area contributed by atoms with Crippen LogP contribution < -0.4 is 16.2 Å². The molecule has 0 saturated carbocycles. The van der Waals surface area contributed by atoms with Crippen LogP contribution in [0.15, 0.2) is 60.7 Å². The highest BCUT2D eigenvalue weighted by Gasteiger charge is 2.30. The van der Waals surface area contributed by atoms with Crippen molar-refractivity contribution < 1.29 is 4.79 Å². The molecule has 1 aliphatic heterocycles. The number of fused-ring (bicyclic) bond motifs is 1. The first-order valence-corrected chi connectivity index (χ1v) is 9.58. The van der Waals surface area contributed by atoms with E-state index in [-0.39, 0.29) is 18.0 Å². The molecule has 0 radical (unpaired) electrons. The van der Waals surface area contributed by atoms with Gasteiger partial charge in [-0.1, -0.05) is 71.7 Å². The maximum Gasteiger partial charge on any atom is 0.238 e. The summed E-state index contributed by atoms with van der Waals surface area (Å²) in [5, 5.41) is 6.35. The van der Waals surface area contributed by atoms with Crippen LogP contribution in [0.2, 0.25) is 10.0 Å². The lowest BCUT2D eigenvalue weighted by atomic mass is 9.96. The van der Waals surface area contributed by atoms with Crippen LogP contribution in [0.25, 0.3) is 10.8 Å². The van der Waals surface area contributed by atoms with Crippen LogP contribution >= 0.6 is 23.2 Å². The van der Waals surface area contributed by atoms with E-state index in [9.17, 15) is 4.79 Å². The average Bonchev–Trinajstić information content (AvgIpc) is 3.18. The number of benzene rings is 3. The molecule has 0 bridgehead atoms. The van der Waals surface area contributed by atoms with Gasteiger partial charge in [-0.3, -0.25) is 4.79 Å². The second kappa shape index (κ2) is 7.87. The van der Waals surface area contributed by atoms with E-state index in [2.05, 4.69) is 46.5 Å². The lowest BCUT2D eigenvalue weighted by molar-refractivity contribution is -0.123. The molecule has 3 aromatic rings. The predicted molar refractivity (Wildman–Crippen MR) is 110 cm³/mol. The van der Waals surface area contributed by atoms with Crippen molar-refractivity contribution in [2.45, 2.75) is 25.0 Å². The maximum absolute atomic E-state index is 12.5. The van der Waals surface area contributed by atoms with Gasteiger partial charge in [0.2, 0.25) is 5.91 Å². The van der Waals surface area contributed by atoms with Gasteiger partial charge in [0.15, 0.2) is 0 Å². The number of amides is 1. The van der Waals surface area contributed by atoms with E-state index < -0.39 is 0 Å². The molecule has 1 amide bonds. The maximum atomic E-state index is 12.5. The third kappa shape index (κ3) is 3.94. The summed E-state index contributed by atoms with van der Waals surface area (Å²) in [5.74, 6) is -0.0451. The summed E-state index contributed by atoms with van der Waals surface area (Å²) in [7, 11) is 0. The fourth-order valence-corrected chi connectivity index (χ4v) is 3.77. The first-order chi connectivity index (χ1) is 13.1. The molecule has 1 aliphatic rings. The van der Waals surface area contributed by atoms with Gasteiger partial charge < -0.3 is 5.32 Å². The molecular formula is C21H19Cl2N3O. The van der Waals surface area contributed by atoms with Crippen molar-refractivity contribution >= 4 is 39.9 Å². The smallest absolute Gasteiger partial charge is 0.238 e. The Labute approximate surface area is 167 Å². The van der Waals surface area contributed by atoms with Gasteiger partial charge in [-0.05, 0) is 40.5 Å². The van der Waals surface area contributed by atoms with E-state index in [1.165, 1.54) is 16.3 Å². The zero-order valence-corrected chi connectivity index (χ0v) is 16.0. The molecule has 1 fully saturated rings. The Morgan fingerprint density at radius 1 is 1.00 bits per heavy atom. The van der Waals surface area contributed by atoms with E-state index in [1.54, 1.807) is 12.1 Å². The van der Waals surface area contributed by atoms with E-state index in [1.807, 2.05) is 18.2 Å². The zero-order valence-electron chi connectivity index (χ0n) is 14.5. The number of hydrazine groups is 1. The minimum absolute atomic E-state index is 0.0451. The Kier molecular flexibility index (Phi) is 5.32. The van der Waals surface area contributed by atoms with Crippen LogP contribution in [-0.4, -0.2) is 11.9 Å². The van der Waals surface area contributed by atoms with E-state index in [0.29, 0.717) is 23.0 Å². The van der Waals surface area contributed by atoms with Crippen LogP contribution in [0.4, 0.5) is 0 Å². The van der Waals surface area contributed by atoms with Gasteiger partial charge in [0.1, 0.15) is 6.04 Å². The first-order valence-electron chi connectivity index (χ1n) is 8.82. The normalized spacial score (nSPS) is 19.3. The summed E-state index contributed by atoms with van der Waals surface area (Å²) in [4.78, 5) is 12.5. The molecule has 4 rings (SSSR count). The molecule has 3 aromatic carbocycles. The number of halogens is 2. The van der Waals surface area contributed by atoms with Crippen molar-refractivity contribution in [3.05, 3.63) is 81.8 Å². The van der Waals surface area contributed by atoms with Gasteiger partial charge >= 0.3 is 0 Å². The van der Waals surface area contributed by atoms with Crippen molar-refractivity contribution in [3.8, 4) is 0 Å². The Balaban J connectivity index is 1.41. The summed E-state index contributed by atoms with van der Waals surface area (Å²) < 4.78 is 0. The molecule has 0 aliphatic carbocycles. The highest BCUT2D eigenvalue weighted by Crippen LogP contribution is 2.29. The van der Waals surface area contributed by atoms with Gasteiger partial charge in [0, 0.05) is 12.6 Å². The summed E-state index contributed by atoms with van der Waals surface area (Å²) in [5.41, 5.74) is 8.48. The molecular weight excluding hydrogens is 381 g/mol. The van der Waals surface area contributed by atoms with Crippen molar-refractivity contribution in [2.24, 2.45) is 0 Å². The second-order valence-electron chi connectivity index (χ2n) is 6.66. The first kappa shape index (κ1) is 18.3. The number of carbonyl (C=O) groups is 1. The summed E-state index contributed by atoms with van der Waals surface area (Å²) >= 11 is 11.9. The second-order valence-corrected chi connectivity index (χ2v) is 7.48. The van der Waals surface area contributed by atoms with Crippen LogP contribution in [-0.2, 0) is 11.3 Å². The highest BCUT2D eigenvalue weighted by atomic mass is 35.5. The van der Waals surface area contributed by atoms with Gasteiger partial charge in [-0.15, -0.1) is 0 Å². The van der Waals surface area contributed by atoms with Gasteiger partial charge in [0.25, 0.3) is 0 Å². The molecule has 138 valence electrons. The molecule has 4 nitrogen and oxygen atoms in total. The molecule has 1 saturated heterocycles. The monoisotopic (exact) mass is 399 g/mol. The molecule has 6 heteroatoms. The van der Waals surface area contributed by atoms with Crippen molar-refractivity contribution in [3.63, 3.8) is 0 Å². The van der Waals surface area contributed by atoms with Crippen LogP contribution in [0.3, 0.4) is 0 Å². The summed E-state index contributed by atoms with van der Waals surface area (Å²) in [6.45, 7) is 0.410. The van der Waals surface area contributed by atoms with Crippen LogP contribution in [0.1, 0.15) is 23.6 Å². The lowest BCUT2D eigenvalue weighted by Gasteiger charge is -2.13. The van der Waals surface area contributed by atoms with Crippen molar-refractivity contribution in [1.82, 2.24) is 16.2 Å². The topological polar surface area (TPSA) is 53.2 Å². The summed E-state index contributed by atoms with van der Waals surface area (Å²) in [6, 6.07) is 19.7. The molecule has 1 heterocycles. The van der Waals surface area contributed by atoms with E-state index in [4.69, 9.17) is 23.2 Å². The third-order valence-electron chi connectivity index (χ3n) is 4.87. The fraction of sp³-hybridized carbons (Fsp3) is 0.190.